The van der Waals surface area contributed by atoms with E-state index in [0.717, 1.165) is 30.4 Å². The Kier molecular flexibility index (Phi) is 4.14. The van der Waals surface area contributed by atoms with E-state index in [1.54, 1.807) is 6.20 Å². The number of nitrogens with zero attached hydrogens (tertiary/aromatic N) is 1. The standard InChI is InChI=1S/C19H21NO/c1-2-14-13-20-11-10-18(14)19(21)12-16-8-5-7-15-6-3-4-9-17(15)16/h3-4,6,9-11,13,16H,2,5,7-8,12H2,1H3. The molecule has 0 bridgehead atoms. The summed E-state index contributed by atoms with van der Waals surface area (Å²) in [5.74, 6) is 0.635. The molecule has 108 valence electrons. The maximum Gasteiger partial charge on any atom is 0.163 e. The van der Waals surface area contributed by atoms with Gasteiger partial charge in [0.25, 0.3) is 0 Å². The Hall–Kier alpha value is -1.96. The van der Waals surface area contributed by atoms with Gasteiger partial charge >= 0.3 is 0 Å². The second-order valence-corrected chi connectivity index (χ2v) is 5.80. The number of aryl methyl sites for hydroxylation is 2. The molecule has 1 heterocycles. The van der Waals surface area contributed by atoms with Crippen LogP contribution in [0.25, 0.3) is 0 Å². The molecule has 3 rings (SSSR count). The smallest absolute Gasteiger partial charge is 0.163 e. The summed E-state index contributed by atoms with van der Waals surface area (Å²) in [7, 11) is 0. The molecule has 0 N–H and O–H groups in total. The van der Waals surface area contributed by atoms with Crippen molar-refractivity contribution in [1.82, 2.24) is 4.98 Å². The zero-order chi connectivity index (χ0) is 14.7. The van der Waals surface area contributed by atoms with Crippen molar-refractivity contribution in [3.63, 3.8) is 0 Å². The van der Waals surface area contributed by atoms with E-state index in [1.807, 2.05) is 12.3 Å². The Bertz CT molecular complexity index is 648. The van der Waals surface area contributed by atoms with Crippen molar-refractivity contribution in [3.8, 4) is 0 Å². The highest BCUT2D eigenvalue weighted by Gasteiger charge is 2.23. The highest BCUT2D eigenvalue weighted by molar-refractivity contribution is 5.97. The van der Waals surface area contributed by atoms with Crippen LogP contribution < -0.4 is 0 Å². The van der Waals surface area contributed by atoms with Gasteiger partial charge in [-0.15, -0.1) is 0 Å². The monoisotopic (exact) mass is 279 g/mol. The number of aromatic nitrogens is 1. The Labute approximate surface area is 126 Å². The van der Waals surface area contributed by atoms with Gasteiger partial charge in [0.05, 0.1) is 0 Å². The van der Waals surface area contributed by atoms with Gasteiger partial charge in [0.15, 0.2) is 5.78 Å². The van der Waals surface area contributed by atoms with Crippen molar-refractivity contribution in [2.24, 2.45) is 0 Å². The summed E-state index contributed by atoms with van der Waals surface area (Å²) >= 11 is 0. The largest absolute Gasteiger partial charge is 0.294 e. The number of benzene rings is 1. The first kappa shape index (κ1) is 14.0. The van der Waals surface area contributed by atoms with Gasteiger partial charge in [-0.25, -0.2) is 0 Å². The molecule has 1 aromatic heterocycles. The molecule has 1 atom stereocenters. The maximum atomic E-state index is 12.7. The van der Waals surface area contributed by atoms with Gasteiger partial charge in [0.2, 0.25) is 0 Å². The molecule has 0 saturated heterocycles. The number of carbonyl (C=O) groups is 1. The number of rotatable bonds is 4. The minimum Gasteiger partial charge on any atom is -0.294 e. The van der Waals surface area contributed by atoms with Gasteiger partial charge in [-0.3, -0.25) is 9.78 Å². The number of Topliss-reactive ketones (excluding diaryl/α,β-unsaturated/α-hetero) is 1. The zero-order valence-corrected chi connectivity index (χ0v) is 12.5. The molecule has 0 spiro atoms. The van der Waals surface area contributed by atoms with Crippen molar-refractivity contribution < 1.29 is 4.79 Å². The van der Waals surface area contributed by atoms with Crippen LogP contribution in [0.4, 0.5) is 0 Å². The molecule has 0 radical (unpaired) electrons. The molecule has 1 aromatic carbocycles. The lowest BCUT2D eigenvalue weighted by Gasteiger charge is -2.25. The SMILES string of the molecule is CCc1cnccc1C(=O)CC1CCCc2ccccc21. The molecule has 2 aromatic rings. The average Bonchev–Trinajstić information content (AvgIpc) is 2.55. The van der Waals surface area contributed by atoms with Crippen molar-refractivity contribution in [2.45, 2.75) is 44.9 Å². The van der Waals surface area contributed by atoms with Crippen LogP contribution in [0.1, 0.15) is 59.2 Å². The van der Waals surface area contributed by atoms with Crippen LogP contribution >= 0.6 is 0 Å². The van der Waals surface area contributed by atoms with E-state index in [0.29, 0.717) is 12.3 Å². The maximum absolute atomic E-state index is 12.7. The predicted molar refractivity (Wildman–Crippen MR) is 84.7 cm³/mol. The van der Waals surface area contributed by atoms with Crippen molar-refractivity contribution in [2.75, 3.05) is 0 Å². The first-order chi connectivity index (χ1) is 10.3. The summed E-state index contributed by atoms with van der Waals surface area (Å²) in [5.41, 5.74) is 4.72. The summed E-state index contributed by atoms with van der Waals surface area (Å²) in [5, 5.41) is 0. The molecule has 2 heteroatoms. The molecule has 1 aliphatic carbocycles. The fourth-order valence-electron chi connectivity index (χ4n) is 3.38. The van der Waals surface area contributed by atoms with Crippen LogP contribution in [0.5, 0.6) is 0 Å². The highest BCUT2D eigenvalue weighted by Crippen LogP contribution is 2.34. The number of fused-ring (bicyclic) bond motifs is 1. The first-order valence-electron chi connectivity index (χ1n) is 7.83. The van der Waals surface area contributed by atoms with E-state index in [4.69, 9.17) is 0 Å². The summed E-state index contributed by atoms with van der Waals surface area (Å²) in [6.07, 6.45) is 8.48. The molecule has 0 saturated carbocycles. The van der Waals surface area contributed by atoms with Gasteiger partial charge in [0.1, 0.15) is 0 Å². The van der Waals surface area contributed by atoms with E-state index in [-0.39, 0.29) is 5.78 Å². The summed E-state index contributed by atoms with van der Waals surface area (Å²) in [4.78, 5) is 16.8. The molecule has 1 aliphatic rings. The third-order valence-corrected chi connectivity index (χ3v) is 4.51. The molecule has 21 heavy (non-hydrogen) atoms. The quantitative estimate of drug-likeness (QED) is 0.779. The second kappa shape index (κ2) is 6.21. The molecule has 0 fully saturated rings. The van der Waals surface area contributed by atoms with Gasteiger partial charge < -0.3 is 0 Å². The number of hydrogen-bond acceptors (Lipinski definition) is 2. The summed E-state index contributed by atoms with van der Waals surface area (Å²) in [6.45, 7) is 2.07. The van der Waals surface area contributed by atoms with E-state index in [9.17, 15) is 4.79 Å². The van der Waals surface area contributed by atoms with Gasteiger partial charge in [-0.2, -0.15) is 0 Å². The van der Waals surface area contributed by atoms with Crippen LogP contribution in [0.2, 0.25) is 0 Å². The first-order valence-corrected chi connectivity index (χ1v) is 7.83. The Morgan fingerprint density at radius 2 is 2.14 bits per heavy atom. The second-order valence-electron chi connectivity index (χ2n) is 5.80. The lowest BCUT2D eigenvalue weighted by atomic mass is 9.79. The van der Waals surface area contributed by atoms with Gasteiger partial charge in [-0.1, -0.05) is 31.2 Å². The van der Waals surface area contributed by atoms with Crippen molar-refractivity contribution in [3.05, 3.63) is 65.0 Å². The topological polar surface area (TPSA) is 30.0 Å². The van der Waals surface area contributed by atoms with Crippen molar-refractivity contribution in [1.29, 1.82) is 0 Å². The van der Waals surface area contributed by atoms with Crippen molar-refractivity contribution >= 4 is 5.78 Å². The Morgan fingerprint density at radius 3 is 3.00 bits per heavy atom. The lowest BCUT2D eigenvalue weighted by Crippen LogP contribution is -2.15. The normalized spacial score (nSPS) is 17.3. The van der Waals surface area contributed by atoms with Crippen LogP contribution in [0.15, 0.2) is 42.7 Å². The number of pyridine rings is 1. The number of carbonyl (C=O) groups excluding carboxylic acids is 1. The zero-order valence-electron chi connectivity index (χ0n) is 12.5. The van der Waals surface area contributed by atoms with Crippen LogP contribution in [-0.4, -0.2) is 10.8 Å². The summed E-state index contributed by atoms with van der Waals surface area (Å²) < 4.78 is 0. The number of ketones is 1. The highest BCUT2D eigenvalue weighted by atomic mass is 16.1. The minimum absolute atomic E-state index is 0.260. The summed E-state index contributed by atoms with van der Waals surface area (Å²) in [6, 6.07) is 10.5. The van der Waals surface area contributed by atoms with Crippen LogP contribution in [-0.2, 0) is 12.8 Å². The third-order valence-electron chi connectivity index (χ3n) is 4.51. The predicted octanol–water partition coefficient (Wildman–Crippen LogP) is 4.34. The minimum atomic E-state index is 0.260. The van der Waals surface area contributed by atoms with Crippen LogP contribution in [0, 0.1) is 0 Å². The molecule has 1 unspecified atom stereocenters. The van der Waals surface area contributed by atoms with Gasteiger partial charge in [-0.05, 0) is 54.4 Å². The van der Waals surface area contributed by atoms with Crippen LogP contribution in [0.3, 0.4) is 0 Å². The van der Waals surface area contributed by atoms with E-state index in [1.165, 1.54) is 17.5 Å². The molecule has 0 amide bonds. The Morgan fingerprint density at radius 1 is 1.29 bits per heavy atom. The fourth-order valence-corrected chi connectivity index (χ4v) is 3.38. The van der Waals surface area contributed by atoms with E-state index >= 15 is 0 Å². The molecular weight excluding hydrogens is 258 g/mol. The number of hydrogen-bond donors (Lipinski definition) is 0. The third kappa shape index (κ3) is 2.90. The fraction of sp³-hybridized carbons (Fsp3) is 0.368. The lowest BCUT2D eigenvalue weighted by molar-refractivity contribution is 0.0970. The van der Waals surface area contributed by atoms with Gasteiger partial charge in [0, 0.05) is 24.4 Å². The average molecular weight is 279 g/mol. The van der Waals surface area contributed by atoms with E-state index < -0.39 is 0 Å². The Balaban J connectivity index is 1.83. The molecule has 0 aliphatic heterocycles. The molecular formula is C19H21NO. The molecule has 2 nitrogen and oxygen atoms in total. The van der Waals surface area contributed by atoms with E-state index in [2.05, 4.69) is 36.2 Å².